The van der Waals surface area contributed by atoms with Gasteiger partial charge in [-0.1, -0.05) is 17.7 Å². The fourth-order valence-corrected chi connectivity index (χ4v) is 3.89. The maximum atomic E-state index is 13.0. The molecule has 9 heteroatoms. The third-order valence-electron chi connectivity index (χ3n) is 4.06. The smallest absolute Gasteiger partial charge is 0.261 e. The van der Waals surface area contributed by atoms with Crippen LogP contribution in [0.5, 0.6) is 0 Å². The van der Waals surface area contributed by atoms with Crippen LogP contribution in [0.4, 0.5) is 10.1 Å². The van der Waals surface area contributed by atoms with Gasteiger partial charge in [0, 0.05) is 31.7 Å². The fourth-order valence-electron chi connectivity index (χ4n) is 2.61. The minimum Gasteiger partial charge on any atom is -0.337 e. The molecule has 0 saturated heterocycles. The lowest BCUT2D eigenvalue weighted by Gasteiger charge is -2.18. The SMILES string of the molecule is CN(Cc1cccnc1)C(=O)c1cc(S(=O)(=O)Nc2ccc(F)cc2)ccc1Cl. The first-order valence-electron chi connectivity index (χ1n) is 8.48. The molecule has 0 bridgehead atoms. The third-order valence-corrected chi connectivity index (χ3v) is 5.77. The second kappa shape index (κ2) is 8.59. The molecular weight excluding hydrogens is 417 g/mol. The summed E-state index contributed by atoms with van der Waals surface area (Å²) in [6.07, 6.45) is 3.27. The topological polar surface area (TPSA) is 79.4 Å². The van der Waals surface area contributed by atoms with Crippen molar-refractivity contribution in [3.63, 3.8) is 0 Å². The standard InChI is InChI=1S/C20H17ClFN3O3S/c1-25(13-14-3-2-10-23-12-14)20(26)18-11-17(8-9-19(18)21)29(27,28)24-16-6-4-15(22)5-7-16/h2-12,24H,13H2,1H3. The molecule has 1 amide bonds. The molecule has 0 spiro atoms. The van der Waals surface area contributed by atoms with E-state index in [-0.39, 0.29) is 27.7 Å². The van der Waals surface area contributed by atoms with Crippen LogP contribution in [0, 0.1) is 5.82 Å². The molecule has 0 aliphatic rings. The molecule has 0 atom stereocenters. The molecule has 29 heavy (non-hydrogen) atoms. The average molecular weight is 434 g/mol. The van der Waals surface area contributed by atoms with Gasteiger partial charge >= 0.3 is 0 Å². The molecule has 2 aromatic carbocycles. The number of hydrogen-bond donors (Lipinski definition) is 1. The van der Waals surface area contributed by atoms with Crippen LogP contribution >= 0.6 is 11.6 Å². The van der Waals surface area contributed by atoms with Gasteiger partial charge in [0.2, 0.25) is 0 Å². The predicted octanol–water partition coefficient (Wildman–Crippen LogP) is 3.95. The summed E-state index contributed by atoms with van der Waals surface area (Å²) in [5.41, 5.74) is 1.07. The number of benzene rings is 2. The first-order valence-corrected chi connectivity index (χ1v) is 10.3. The lowest BCUT2D eigenvalue weighted by atomic mass is 10.2. The van der Waals surface area contributed by atoms with Crippen LogP contribution < -0.4 is 4.72 Å². The van der Waals surface area contributed by atoms with Crippen LogP contribution in [-0.2, 0) is 16.6 Å². The third kappa shape index (κ3) is 5.10. The number of pyridine rings is 1. The molecular formula is C20H17ClFN3O3S. The number of halogens is 2. The molecule has 0 unspecified atom stereocenters. The zero-order valence-electron chi connectivity index (χ0n) is 15.3. The van der Waals surface area contributed by atoms with Crippen molar-refractivity contribution in [2.24, 2.45) is 0 Å². The van der Waals surface area contributed by atoms with E-state index < -0.39 is 21.7 Å². The largest absolute Gasteiger partial charge is 0.337 e. The Kier molecular flexibility index (Phi) is 6.14. The van der Waals surface area contributed by atoms with Gasteiger partial charge in [0.05, 0.1) is 15.5 Å². The van der Waals surface area contributed by atoms with Gasteiger partial charge in [0.25, 0.3) is 15.9 Å². The van der Waals surface area contributed by atoms with Crippen LogP contribution in [0.1, 0.15) is 15.9 Å². The summed E-state index contributed by atoms with van der Waals surface area (Å²) in [6, 6.07) is 12.3. The van der Waals surface area contributed by atoms with Crippen molar-refractivity contribution in [1.29, 1.82) is 0 Å². The molecule has 1 N–H and O–H groups in total. The van der Waals surface area contributed by atoms with Gasteiger partial charge in [0.1, 0.15) is 5.82 Å². The van der Waals surface area contributed by atoms with Crippen LogP contribution in [-0.4, -0.2) is 31.3 Å². The summed E-state index contributed by atoms with van der Waals surface area (Å²) in [5.74, 6) is -0.915. The van der Waals surface area contributed by atoms with E-state index in [9.17, 15) is 17.6 Å². The Hall–Kier alpha value is -2.97. The fraction of sp³-hybridized carbons (Fsp3) is 0.100. The van der Waals surface area contributed by atoms with Crippen molar-refractivity contribution in [2.75, 3.05) is 11.8 Å². The zero-order chi connectivity index (χ0) is 21.0. The van der Waals surface area contributed by atoms with Gasteiger partial charge in [-0.2, -0.15) is 0 Å². The van der Waals surface area contributed by atoms with Gasteiger partial charge in [-0.3, -0.25) is 14.5 Å². The van der Waals surface area contributed by atoms with E-state index in [1.807, 2.05) is 6.07 Å². The molecule has 3 aromatic rings. The number of rotatable bonds is 6. The lowest BCUT2D eigenvalue weighted by Crippen LogP contribution is -2.27. The van der Waals surface area contributed by atoms with Gasteiger partial charge < -0.3 is 4.90 Å². The number of anilines is 1. The van der Waals surface area contributed by atoms with Crippen molar-refractivity contribution < 1.29 is 17.6 Å². The Labute approximate surface area is 173 Å². The Balaban J connectivity index is 1.84. The van der Waals surface area contributed by atoms with Gasteiger partial charge in [-0.25, -0.2) is 12.8 Å². The second-order valence-electron chi connectivity index (χ2n) is 6.28. The van der Waals surface area contributed by atoms with Crippen molar-refractivity contribution in [3.05, 3.63) is 89.0 Å². The number of carbonyl (C=O) groups is 1. The molecule has 0 fully saturated rings. The molecule has 0 aliphatic heterocycles. The molecule has 6 nitrogen and oxygen atoms in total. The highest BCUT2D eigenvalue weighted by atomic mass is 35.5. The van der Waals surface area contributed by atoms with Crippen molar-refractivity contribution in [1.82, 2.24) is 9.88 Å². The van der Waals surface area contributed by atoms with E-state index in [1.54, 1.807) is 25.5 Å². The molecule has 3 rings (SSSR count). The monoisotopic (exact) mass is 433 g/mol. The normalized spacial score (nSPS) is 11.1. The van der Waals surface area contributed by atoms with Crippen LogP contribution in [0.15, 0.2) is 71.9 Å². The first kappa shape index (κ1) is 20.8. The zero-order valence-corrected chi connectivity index (χ0v) is 16.9. The first-order chi connectivity index (χ1) is 13.8. The molecule has 1 heterocycles. The Morgan fingerprint density at radius 1 is 1.17 bits per heavy atom. The van der Waals surface area contributed by atoms with E-state index in [1.165, 1.54) is 35.2 Å². The number of aromatic nitrogens is 1. The maximum absolute atomic E-state index is 13.0. The number of amides is 1. The second-order valence-corrected chi connectivity index (χ2v) is 8.37. The minimum atomic E-state index is -4.00. The number of carbonyl (C=O) groups excluding carboxylic acids is 1. The van der Waals surface area contributed by atoms with E-state index >= 15 is 0 Å². The quantitative estimate of drug-likeness (QED) is 0.638. The molecule has 0 aliphatic carbocycles. The predicted molar refractivity (Wildman–Crippen MR) is 109 cm³/mol. The van der Waals surface area contributed by atoms with Crippen molar-refractivity contribution in [3.8, 4) is 0 Å². The summed E-state index contributed by atoms with van der Waals surface area (Å²) >= 11 is 6.15. The van der Waals surface area contributed by atoms with E-state index in [0.29, 0.717) is 0 Å². The summed E-state index contributed by atoms with van der Waals surface area (Å²) in [4.78, 5) is 18.1. The minimum absolute atomic E-state index is 0.0556. The molecule has 0 saturated carbocycles. The van der Waals surface area contributed by atoms with Gasteiger partial charge in [-0.05, 0) is 54.1 Å². The van der Waals surface area contributed by atoms with Gasteiger partial charge in [-0.15, -0.1) is 0 Å². The highest BCUT2D eigenvalue weighted by molar-refractivity contribution is 7.92. The summed E-state index contributed by atoms with van der Waals surface area (Å²) in [5, 5.41) is 0.133. The van der Waals surface area contributed by atoms with E-state index in [0.717, 1.165) is 17.7 Å². The number of nitrogens with one attached hydrogen (secondary N) is 1. The molecule has 1 aromatic heterocycles. The lowest BCUT2D eigenvalue weighted by molar-refractivity contribution is 0.0785. The summed E-state index contributed by atoms with van der Waals surface area (Å²) in [6.45, 7) is 0.286. The summed E-state index contributed by atoms with van der Waals surface area (Å²) < 4.78 is 40.7. The van der Waals surface area contributed by atoms with E-state index in [4.69, 9.17) is 11.6 Å². The molecule has 0 radical (unpaired) electrons. The van der Waals surface area contributed by atoms with Crippen molar-refractivity contribution in [2.45, 2.75) is 11.4 Å². The average Bonchev–Trinajstić information content (AvgIpc) is 2.70. The maximum Gasteiger partial charge on any atom is 0.261 e. The number of hydrogen-bond acceptors (Lipinski definition) is 4. The van der Waals surface area contributed by atoms with E-state index in [2.05, 4.69) is 9.71 Å². The van der Waals surface area contributed by atoms with Crippen molar-refractivity contribution >= 4 is 33.2 Å². The highest BCUT2D eigenvalue weighted by Crippen LogP contribution is 2.24. The molecule has 150 valence electrons. The van der Waals surface area contributed by atoms with Crippen LogP contribution in [0.2, 0.25) is 5.02 Å². The Morgan fingerprint density at radius 2 is 1.90 bits per heavy atom. The van der Waals surface area contributed by atoms with Gasteiger partial charge in [0.15, 0.2) is 0 Å². The number of sulfonamides is 1. The Bertz CT molecular complexity index is 1120. The highest BCUT2D eigenvalue weighted by Gasteiger charge is 2.21. The Morgan fingerprint density at radius 3 is 2.55 bits per heavy atom. The van der Waals surface area contributed by atoms with Crippen LogP contribution in [0.3, 0.4) is 0 Å². The summed E-state index contributed by atoms with van der Waals surface area (Å²) in [7, 11) is -2.41. The van der Waals surface area contributed by atoms with Crippen LogP contribution in [0.25, 0.3) is 0 Å². The number of nitrogens with zero attached hydrogens (tertiary/aromatic N) is 2.